The lowest BCUT2D eigenvalue weighted by atomic mass is 9.97. The second-order valence-electron chi connectivity index (χ2n) is 6.41. The molecule has 2 N–H and O–H groups in total. The minimum Gasteiger partial charge on any atom is -0.350 e. The molecule has 4 rings (SSSR count). The summed E-state index contributed by atoms with van der Waals surface area (Å²) >= 11 is 0. The summed E-state index contributed by atoms with van der Waals surface area (Å²) in [7, 11) is 0. The number of amides is 2. The molecule has 124 valence electrons. The van der Waals surface area contributed by atoms with Crippen molar-refractivity contribution in [2.24, 2.45) is 5.73 Å². The molecule has 0 saturated heterocycles. The number of rotatable bonds is 1. The maximum absolute atomic E-state index is 13.8. The van der Waals surface area contributed by atoms with Gasteiger partial charge in [-0.15, -0.1) is 0 Å². The number of carbonyl (C=O) groups excluding carboxylic acids is 1. The average molecular weight is 326 g/mol. The predicted octanol–water partition coefficient (Wildman–Crippen LogP) is 3.63. The molecule has 2 amide bonds. The fraction of sp³-hybridized carbons (Fsp3) is 0.333. The van der Waals surface area contributed by atoms with Gasteiger partial charge >= 0.3 is 6.03 Å². The molecule has 24 heavy (non-hydrogen) atoms. The van der Waals surface area contributed by atoms with Gasteiger partial charge in [0, 0.05) is 16.8 Å². The fourth-order valence-electron chi connectivity index (χ4n) is 3.74. The molecule has 0 radical (unpaired) electrons. The SMILES string of the molecule is Cc1cc(N2CC3=C(CCCC3)N2C(N)=O)c2cc(F)ccc2n1. The highest BCUT2D eigenvalue weighted by atomic mass is 19.1. The minimum atomic E-state index is -0.499. The van der Waals surface area contributed by atoms with Crippen LogP contribution in [-0.4, -0.2) is 22.6 Å². The number of halogens is 1. The quantitative estimate of drug-likeness (QED) is 0.870. The molecule has 5 nitrogen and oxygen atoms in total. The van der Waals surface area contributed by atoms with Crippen LogP contribution in [0.3, 0.4) is 0 Å². The number of carbonyl (C=O) groups is 1. The zero-order valence-electron chi connectivity index (χ0n) is 13.6. The van der Waals surface area contributed by atoms with Gasteiger partial charge in [-0.3, -0.25) is 9.99 Å². The van der Waals surface area contributed by atoms with Crippen LogP contribution in [0.4, 0.5) is 14.9 Å². The number of primary amides is 1. The van der Waals surface area contributed by atoms with E-state index in [1.807, 2.05) is 18.0 Å². The largest absolute Gasteiger partial charge is 0.350 e. The first kappa shape index (κ1) is 14.9. The summed E-state index contributed by atoms with van der Waals surface area (Å²) in [6.07, 6.45) is 4.02. The molecule has 0 spiro atoms. The number of aryl methyl sites for hydroxylation is 1. The third-order valence-electron chi connectivity index (χ3n) is 4.75. The van der Waals surface area contributed by atoms with Crippen LogP contribution in [0.25, 0.3) is 10.9 Å². The number of aromatic nitrogens is 1. The highest BCUT2D eigenvalue weighted by Gasteiger charge is 2.35. The average Bonchev–Trinajstić information content (AvgIpc) is 2.94. The minimum absolute atomic E-state index is 0.322. The Hall–Kier alpha value is -2.63. The second kappa shape index (κ2) is 5.47. The molecule has 0 unspecified atom stereocenters. The van der Waals surface area contributed by atoms with E-state index < -0.39 is 6.03 Å². The van der Waals surface area contributed by atoms with E-state index in [0.717, 1.165) is 42.8 Å². The first-order chi connectivity index (χ1) is 11.5. The number of hydrogen-bond donors (Lipinski definition) is 1. The molecule has 0 fully saturated rings. The van der Waals surface area contributed by atoms with Crippen LogP contribution in [0, 0.1) is 12.7 Å². The van der Waals surface area contributed by atoms with Crippen molar-refractivity contribution in [3.05, 3.63) is 47.0 Å². The number of nitrogens with zero attached hydrogens (tertiary/aromatic N) is 3. The van der Waals surface area contributed by atoms with Crippen molar-refractivity contribution in [3.8, 4) is 0 Å². The van der Waals surface area contributed by atoms with Crippen LogP contribution in [0.1, 0.15) is 31.4 Å². The van der Waals surface area contributed by atoms with E-state index in [4.69, 9.17) is 5.73 Å². The molecule has 1 aliphatic heterocycles. The molecule has 0 atom stereocenters. The van der Waals surface area contributed by atoms with Crippen molar-refractivity contribution in [3.63, 3.8) is 0 Å². The number of urea groups is 1. The summed E-state index contributed by atoms with van der Waals surface area (Å²) in [6, 6.07) is 5.92. The highest BCUT2D eigenvalue weighted by molar-refractivity contribution is 5.93. The maximum Gasteiger partial charge on any atom is 0.338 e. The zero-order chi connectivity index (χ0) is 16.8. The summed E-state index contributed by atoms with van der Waals surface area (Å²) in [5.41, 5.74) is 10.2. The number of hydrazine groups is 1. The van der Waals surface area contributed by atoms with Crippen molar-refractivity contribution in [1.29, 1.82) is 0 Å². The van der Waals surface area contributed by atoms with Crippen molar-refractivity contribution >= 4 is 22.6 Å². The molecule has 6 heteroatoms. The number of anilines is 1. The van der Waals surface area contributed by atoms with Gasteiger partial charge in [-0.1, -0.05) is 0 Å². The molecular formula is C18H19FN4O. The van der Waals surface area contributed by atoms with Gasteiger partial charge < -0.3 is 5.73 Å². The molecule has 2 aliphatic rings. The standard InChI is InChI=1S/C18H19FN4O/c1-11-8-17(14-9-13(19)6-7-15(14)21-11)22-10-12-4-2-3-5-16(12)23(22)18(20)24/h6-9H,2-5,10H2,1H3,(H2,20,24). The summed E-state index contributed by atoms with van der Waals surface area (Å²) in [5, 5.41) is 4.12. The molecule has 0 saturated carbocycles. The van der Waals surface area contributed by atoms with Gasteiger partial charge in [-0.2, -0.15) is 0 Å². The Labute approximate surface area is 139 Å². The lowest BCUT2D eigenvalue weighted by Gasteiger charge is -2.31. The highest BCUT2D eigenvalue weighted by Crippen LogP contribution is 2.39. The number of fused-ring (bicyclic) bond motifs is 1. The Bertz CT molecular complexity index is 877. The lowest BCUT2D eigenvalue weighted by molar-refractivity contribution is 0.219. The summed E-state index contributed by atoms with van der Waals surface area (Å²) in [5.74, 6) is -0.322. The van der Waals surface area contributed by atoms with Crippen molar-refractivity contribution in [2.75, 3.05) is 11.6 Å². The monoisotopic (exact) mass is 326 g/mol. The van der Waals surface area contributed by atoms with Crippen LogP contribution in [0.2, 0.25) is 0 Å². The van der Waals surface area contributed by atoms with E-state index >= 15 is 0 Å². The maximum atomic E-state index is 13.8. The van der Waals surface area contributed by atoms with Gasteiger partial charge in [0.15, 0.2) is 0 Å². The summed E-state index contributed by atoms with van der Waals surface area (Å²) < 4.78 is 13.8. The van der Waals surface area contributed by atoms with Crippen molar-refractivity contribution in [1.82, 2.24) is 9.99 Å². The third-order valence-corrected chi connectivity index (χ3v) is 4.75. The Kier molecular flexibility index (Phi) is 3.40. The Morgan fingerprint density at radius 2 is 2.04 bits per heavy atom. The molecule has 2 aromatic rings. The van der Waals surface area contributed by atoms with Gasteiger partial charge in [0.2, 0.25) is 0 Å². The second-order valence-corrected chi connectivity index (χ2v) is 6.41. The first-order valence-electron chi connectivity index (χ1n) is 8.19. The third kappa shape index (κ3) is 2.29. The van der Waals surface area contributed by atoms with Crippen LogP contribution in [0.15, 0.2) is 35.5 Å². The number of pyridine rings is 1. The fourth-order valence-corrected chi connectivity index (χ4v) is 3.74. The van der Waals surface area contributed by atoms with Gasteiger partial charge in [-0.25, -0.2) is 14.2 Å². The van der Waals surface area contributed by atoms with Gasteiger partial charge in [0.05, 0.1) is 17.7 Å². The van der Waals surface area contributed by atoms with Crippen LogP contribution in [-0.2, 0) is 0 Å². The van der Waals surface area contributed by atoms with Gasteiger partial charge in [-0.05, 0) is 62.4 Å². The summed E-state index contributed by atoms with van der Waals surface area (Å²) in [6.45, 7) is 2.51. The Morgan fingerprint density at radius 1 is 1.25 bits per heavy atom. The predicted molar refractivity (Wildman–Crippen MR) is 90.7 cm³/mol. The number of hydrogen-bond acceptors (Lipinski definition) is 3. The number of allylic oxidation sites excluding steroid dienone is 1. The number of nitrogens with two attached hydrogens (primary N) is 1. The van der Waals surface area contributed by atoms with Crippen molar-refractivity contribution < 1.29 is 9.18 Å². The van der Waals surface area contributed by atoms with E-state index in [2.05, 4.69) is 4.98 Å². The molecule has 1 aromatic heterocycles. The molecule has 0 bridgehead atoms. The lowest BCUT2D eigenvalue weighted by Crippen LogP contribution is -2.45. The van der Waals surface area contributed by atoms with E-state index in [1.54, 1.807) is 11.1 Å². The zero-order valence-corrected chi connectivity index (χ0v) is 13.6. The first-order valence-corrected chi connectivity index (χ1v) is 8.19. The van der Waals surface area contributed by atoms with E-state index in [9.17, 15) is 9.18 Å². The van der Waals surface area contributed by atoms with Crippen LogP contribution < -0.4 is 10.7 Å². The van der Waals surface area contributed by atoms with Gasteiger partial charge in [0.25, 0.3) is 0 Å². The van der Waals surface area contributed by atoms with E-state index in [-0.39, 0.29) is 5.82 Å². The Morgan fingerprint density at radius 3 is 2.83 bits per heavy atom. The van der Waals surface area contributed by atoms with E-state index in [0.29, 0.717) is 17.4 Å². The summed E-state index contributed by atoms with van der Waals surface area (Å²) in [4.78, 5) is 16.6. The van der Waals surface area contributed by atoms with E-state index in [1.165, 1.54) is 17.7 Å². The topological polar surface area (TPSA) is 62.5 Å². The van der Waals surface area contributed by atoms with Crippen LogP contribution in [0.5, 0.6) is 0 Å². The van der Waals surface area contributed by atoms with Crippen molar-refractivity contribution in [2.45, 2.75) is 32.6 Å². The normalized spacial score (nSPS) is 17.6. The molecule has 1 aromatic carbocycles. The molecule has 2 heterocycles. The molecule has 1 aliphatic carbocycles. The molecular weight excluding hydrogens is 307 g/mol. The van der Waals surface area contributed by atoms with Gasteiger partial charge in [0.1, 0.15) is 5.82 Å². The van der Waals surface area contributed by atoms with Crippen LogP contribution >= 0.6 is 0 Å². The number of benzene rings is 1. The Balaban J connectivity index is 1.88. The smallest absolute Gasteiger partial charge is 0.338 e.